The zero-order valence-corrected chi connectivity index (χ0v) is 31.9. The Morgan fingerprint density at radius 2 is 1.52 bits per heavy atom. The van der Waals surface area contributed by atoms with Crippen LogP contribution in [0.15, 0.2) is 94.6 Å². The van der Waals surface area contributed by atoms with E-state index < -0.39 is 43.6 Å². The van der Waals surface area contributed by atoms with Gasteiger partial charge in [0.05, 0.1) is 32.3 Å². The Kier molecular flexibility index (Phi) is 13.4. The summed E-state index contributed by atoms with van der Waals surface area (Å²) in [6.07, 6.45) is 1.27. The normalized spacial score (nSPS) is 17.1. The maximum atomic E-state index is 13.1. The average molecular weight is 730 g/mol. The number of methoxy groups -OCH3 is 2. The number of rotatable bonds is 15. The first-order valence-corrected chi connectivity index (χ1v) is 18.8. The van der Waals surface area contributed by atoms with Gasteiger partial charge in [-0.05, 0) is 74.6 Å². The average Bonchev–Trinajstić information content (AvgIpc) is 3.63. The summed E-state index contributed by atoms with van der Waals surface area (Å²) in [5, 5.41) is 3.53. The van der Waals surface area contributed by atoms with Gasteiger partial charge < -0.3 is 23.3 Å². The van der Waals surface area contributed by atoms with Crippen LogP contribution in [0.25, 0.3) is 4.85 Å². The molecular weight excluding hydrogens is 679 g/mol. The molecule has 5 rings (SSSR count). The number of hydrogen-bond donors (Lipinski definition) is 2. The van der Waals surface area contributed by atoms with E-state index >= 15 is 0 Å². The number of nitrogens with one attached hydrogen (secondary N) is 2. The van der Waals surface area contributed by atoms with E-state index in [2.05, 4.69) is 57.4 Å². The molecule has 2 unspecified atom stereocenters. The Labute approximate surface area is 307 Å². The Hall–Kier alpha value is -4.30. The van der Waals surface area contributed by atoms with Crippen LogP contribution in [0.3, 0.4) is 0 Å². The highest BCUT2D eigenvalue weighted by molar-refractivity contribution is 7.45. The second-order valence-corrected chi connectivity index (χ2v) is 14.6. The minimum absolute atomic E-state index is 0.0353. The lowest BCUT2D eigenvalue weighted by Gasteiger charge is -2.45. The third-order valence-electron chi connectivity index (χ3n) is 8.92. The van der Waals surface area contributed by atoms with Crippen LogP contribution in [0.5, 0.6) is 11.5 Å². The Bertz CT molecular complexity index is 1870. The van der Waals surface area contributed by atoms with Gasteiger partial charge >= 0.3 is 5.69 Å². The number of H-pyrrole nitrogens is 1. The van der Waals surface area contributed by atoms with Crippen molar-refractivity contribution < 1.29 is 23.3 Å². The number of aromatic amines is 1. The molecule has 0 spiro atoms. The molecule has 1 aliphatic rings. The smallest absolute Gasteiger partial charge is 0.330 e. The zero-order valence-electron chi connectivity index (χ0n) is 31.0. The number of hydrogen-bond acceptors (Lipinski definition) is 8. The first kappa shape index (κ1) is 38.9. The van der Waals surface area contributed by atoms with Gasteiger partial charge in [0.15, 0.2) is 0 Å². The van der Waals surface area contributed by atoms with Crippen LogP contribution in [-0.4, -0.2) is 54.7 Å². The molecule has 0 amide bonds. The van der Waals surface area contributed by atoms with E-state index in [1.807, 2.05) is 70.2 Å². The molecule has 4 atom stereocenters. The summed E-state index contributed by atoms with van der Waals surface area (Å²) in [6.45, 7) is 10.1. The van der Waals surface area contributed by atoms with Crippen molar-refractivity contribution in [3.8, 4) is 17.6 Å². The summed E-state index contributed by atoms with van der Waals surface area (Å²) in [7, 11) is 1.59. The summed E-state index contributed by atoms with van der Waals surface area (Å²) in [5.74, 6) is 1.43. The van der Waals surface area contributed by atoms with Gasteiger partial charge in [0.1, 0.15) is 30.3 Å². The van der Waals surface area contributed by atoms with Gasteiger partial charge in [-0.25, -0.2) is 9.88 Å². The highest BCUT2D eigenvalue weighted by Gasteiger charge is 2.52. The monoisotopic (exact) mass is 729 g/mol. The van der Waals surface area contributed by atoms with Crippen LogP contribution in [0.4, 0.5) is 0 Å². The Morgan fingerprint density at radius 3 is 2.08 bits per heavy atom. The molecule has 0 aliphatic carbocycles. The van der Waals surface area contributed by atoms with E-state index in [0.717, 1.165) is 16.7 Å². The molecule has 0 saturated carbocycles. The van der Waals surface area contributed by atoms with Crippen molar-refractivity contribution in [1.29, 1.82) is 0 Å². The standard InChI is InChI=1S/C40H49N4O7P/c1-27(2)41-24-11-25-49-52(43-28(3)4)51-37(35-22-23-36(50-35)44-26-29(5)38(45)42-39(44)46)40(30-12-9-8-10-13-30,31-14-18-33(47-6)19-15-31)32-16-20-34(48-7)21-17-32/h8-10,12-21,26-28,35-37,43H,11,22-23,25H2,1-7H3/p+1/t35-,36+,37?,52?/m0/s1. The van der Waals surface area contributed by atoms with Gasteiger partial charge in [0.2, 0.25) is 0 Å². The number of nitrogens with zero attached hydrogens (tertiary/aromatic N) is 2. The molecule has 11 nitrogen and oxygen atoms in total. The molecule has 0 bridgehead atoms. The molecule has 1 fully saturated rings. The lowest BCUT2D eigenvalue weighted by molar-refractivity contribution is -0.0673. The number of ether oxygens (including phenoxy) is 3. The van der Waals surface area contributed by atoms with Gasteiger partial charge in [-0.1, -0.05) is 59.4 Å². The van der Waals surface area contributed by atoms with Gasteiger partial charge in [0.25, 0.3) is 26.2 Å². The largest absolute Gasteiger partial charge is 0.497 e. The van der Waals surface area contributed by atoms with Crippen LogP contribution in [0, 0.1) is 13.0 Å². The molecule has 1 saturated heterocycles. The fourth-order valence-electron chi connectivity index (χ4n) is 6.53. The highest BCUT2D eigenvalue weighted by Crippen LogP contribution is 2.52. The third-order valence-corrected chi connectivity index (χ3v) is 10.5. The van der Waals surface area contributed by atoms with E-state index in [1.165, 1.54) is 4.57 Å². The molecule has 276 valence electrons. The molecule has 0 radical (unpaired) electrons. The zero-order chi connectivity index (χ0) is 37.3. The number of aryl methyl sites for hydroxylation is 1. The van der Waals surface area contributed by atoms with Crippen molar-refractivity contribution in [3.05, 3.63) is 133 Å². The molecular formula is C40H50N4O7P+. The Balaban J connectivity index is 1.72. The number of benzene rings is 3. The van der Waals surface area contributed by atoms with Crippen molar-refractivity contribution in [3.63, 3.8) is 0 Å². The van der Waals surface area contributed by atoms with Crippen LogP contribution in [-0.2, 0) is 19.2 Å². The van der Waals surface area contributed by atoms with Gasteiger partial charge in [0, 0.05) is 31.6 Å². The molecule has 12 heteroatoms. The maximum Gasteiger partial charge on any atom is 0.330 e. The molecule has 3 aromatic carbocycles. The summed E-state index contributed by atoms with van der Waals surface area (Å²) in [5.41, 5.74) is 1.36. The van der Waals surface area contributed by atoms with Gasteiger partial charge in [-0.3, -0.25) is 14.3 Å². The SMILES string of the molecule is COc1ccc(C(c2ccccc2)(c2ccc(OC)cc2)C(OP(NC(C)C)OCCC#[N+]C(C)C)[C@@H]2CC[C@H](n3cc(C)c(=O)[nH]c3=O)O2)cc1. The summed E-state index contributed by atoms with van der Waals surface area (Å²) < 4.78 is 33.3. The second-order valence-electron chi connectivity index (χ2n) is 13.3. The van der Waals surface area contributed by atoms with Crippen LogP contribution in [0.1, 0.15) is 75.4 Å². The first-order valence-electron chi connectivity index (χ1n) is 17.7. The van der Waals surface area contributed by atoms with E-state index in [0.29, 0.717) is 42.9 Å². The minimum Gasteiger partial charge on any atom is -0.497 e. The summed E-state index contributed by atoms with van der Waals surface area (Å²) in [4.78, 5) is 32.2. The van der Waals surface area contributed by atoms with Crippen molar-refractivity contribution in [2.24, 2.45) is 0 Å². The minimum atomic E-state index is -1.70. The predicted octanol–water partition coefficient (Wildman–Crippen LogP) is 7.33. The lowest BCUT2D eigenvalue weighted by Crippen LogP contribution is -2.50. The number of aromatic nitrogens is 2. The summed E-state index contributed by atoms with van der Waals surface area (Å²) >= 11 is 0. The fourth-order valence-corrected chi connectivity index (χ4v) is 7.91. The van der Waals surface area contributed by atoms with Gasteiger partial charge in [-0.15, -0.1) is 0 Å². The third kappa shape index (κ3) is 9.00. The fraction of sp³-hybridized carbons (Fsp3) is 0.425. The molecule has 2 N–H and O–H groups in total. The predicted molar refractivity (Wildman–Crippen MR) is 205 cm³/mol. The van der Waals surface area contributed by atoms with Gasteiger partial charge in [-0.2, -0.15) is 0 Å². The molecule has 4 aromatic rings. The van der Waals surface area contributed by atoms with Crippen LogP contribution < -0.4 is 25.8 Å². The van der Waals surface area contributed by atoms with E-state index in [4.69, 9.17) is 23.3 Å². The van der Waals surface area contributed by atoms with Crippen LogP contribution >= 0.6 is 8.53 Å². The second kappa shape index (κ2) is 18.0. The highest BCUT2D eigenvalue weighted by atomic mass is 31.2. The van der Waals surface area contributed by atoms with Crippen molar-refractivity contribution in [1.82, 2.24) is 14.6 Å². The van der Waals surface area contributed by atoms with E-state index in [1.54, 1.807) is 27.3 Å². The van der Waals surface area contributed by atoms with Crippen molar-refractivity contribution >= 4 is 8.53 Å². The maximum absolute atomic E-state index is 13.1. The molecule has 2 heterocycles. The quantitative estimate of drug-likeness (QED) is 0.0743. The topological polar surface area (TPSA) is 117 Å². The first-order chi connectivity index (χ1) is 25.1. The van der Waals surface area contributed by atoms with E-state index in [-0.39, 0.29) is 12.1 Å². The molecule has 1 aliphatic heterocycles. The molecule has 52 heavy (non-hydrogen) atoms. The van der Waals surface area contributed by atoms with Crippen LogP contribution in [0.2, 0.25) is 0 Å². The van der Waals surface area contributed by atoms with Crippen molar-refractivity contribution in [2.75, 3.05) is 20.8 Å². The molecule has 1 aromatic heterocycles. The van der Waals surface area contributed by atoms with E-state index in [9.17, 15) is 9.59 Å². The lowest BCUT2D eigenvalue weighted by atomic mass is 9.64. The summed E-state index contributed by atoms with van der Waals surface area (Å²) in [6, 6.07) is 29.5. The Morgan fingerprint density at radius 1 is 0.923 bits per heavy atom. The van der Waals surface area contributed by atoms with Crippen molar-refractivity contribution in [2.45, 2.75) is 89.8 Å².